The molecule has 0 saturated carbocycles. The molecule has 1 fully saturated rings. The molecule has 0 bridgehead atoms. The van der Waals surface area contributed by atoms with Crippen molar-refractivity contribution in [1.29, 1.82) is 0 Å². The van der Waals surface area contributed by atoms with Gasteiger partial charge in [0.25, 0.3) is 5.91 Å². The molecule has 0 spiro atoms. The maximum Gasteiger partial charge on any atom is 0.264 e. The van der Waals surface area contributed by atoms with Crippen molar-refractivity contribution in [3.05, 3.63) is 51.9 Å². The van der Waals surface area contributed by atoms with Gasteiger partial charge in [-0.05, 0) is 35.6 Å². The summed E-state index contributed by atoms with van der Waals surface area (Å²) in [4.78, 5) is 17.4. The van der Waals surface area contributed by atoms with Crippen molar-refractivity contribution >= 4 is 27.3 Å². The van der Waals surface area contributed by atoms with Gasteiger partial charge < -0.3 is 4.90 Å². The summed E-state index contributed by atoms with van der Waals surface area (Å²) in [6.07, 6.45) is 0. The summed E-state index contributed by atoms with van der Waals surface area (Å²) in [5.41, 5.74) is 3.27. The molecule has 0 atom stereocenters. The van der Waals surface area contributed by atoms with Crippen molar-refractivity contribution in [1.82, 2.24) is 9.80 Å². The van der Waals surface area contributed by atoms with Crippen LogP contribution < -0.4 is 5.14 Å². The van der Waals surface area contributed by atoms with E-state index in [4.69, 9.17) is 5.14 Å². The summed E-state index contributed by atoms with van der Waals surface area (Å²) in [7, 11) is -3.78. The van der Waals surface area contributed by atoms with Crippen LogP contribution in [0.4, 0.5) is 0 Å². The van der Waals surface area contributed by atoms with Crippen LogP contribution in [0.3, 0.4) is 0 Å². The fourth-order valence-electron chi connectivity index (χ4n) is 3.32. The lowest BCUT2D eigenvalue weighted by Gasteiger charge is -2.34. The Bertz CT molecular complexity index is 942. The van der Waals surface area contributed by atoms with Gasteiger partial charge in [0.05, 0.1) is 4.88 Å². The molecule has 8 heteroatoms. The molecule has 152 valence electrons. The molecular formula is C20H27N3O3S2. The molecule has 1 aliphatic rings. The number of sulfonamides is 1. The first-order chi connectivity index (χ1) is 13.1. The van der Waals surface area contributed by atoms with Crippen LogP contribution in [0.2, 0.25) is 0 Å². The van der Waals surface area contributed by atoms with Crippen LogP contribution in [0.5, 0.6) is 0 Å². The molecule has 1 amide bonds. The van der Waals surface area contributed by atoms with Crippen LogP contribution >= 0.6 is 11.3 Å². The number of rotatable bonds is 5. The number of thiophene rings is 1. The highest BCUT2D eigenvalue weighted by Gasteiger charge is 2.26. The van der Waals surface area contributed by atoms with Gasteiger partial charge >= 0.3 is 0 Å². The zero-order valence-electron chi connectivity index (χ0n) is 16.5. The molecule has 2 aromatic rings. The highest BCUT2D eigenvalue weighted by Crippen LogP contribution is 2.27. The van der Waals surface area contributed by atoms with Gasteiger partial charge in [-0.15, -0.1) is 11.3 Å². The topological polar surface area (TPSA) is 83.7 Å². The Hall–Kier alpha value is -1.74. The van der Waals surface area contributed by atoms with Gasteiger partial charge in [-0.25, -0.2) is 13.6 Å². The summed E-state index contributed by atoms with van der Waals surface area (Å²) < 4.78 is 23.1. The predicted octanol–water partition coefficient (Wildman–Crippen LogP) is 2.79. The van der Waals surface area contributed by atoms with E-state index in [1.54, 1.807) is 11.8 Å². The van der Waals surface area contributed by atoms with Crippen LogP contribution in [-0.2, 0) is 16.6 Å². The lowest BCUT2D eigenvalue weighted by molar-refractivity contribution is 0.0632. The number of hydrogen-bond donors (Lipinski definition) is 1. The molecule has 1 saturated heterocycles. The number of primary sulfonamides is 1. The zero-order chi connectivity index (χ0) is 20.5. The SMILES string of the molecule is Cc1cc(S(N)(=O)=O)sc1C(=O)N1CCN(Cc2ccc(C(C)C)cc2)CC1. The molecule has 0 radical (unpaired) electrons. The average molecular weight is 422 g/mol. The van der Waals surface area contributed by atoms with E-state index in [1.807, 2.05) is 0 Å². The number of carbonyl (C=O) groups is 1. The molecule has 1 aliphatic heterocycles. The summed E-state index contributed by atoms with van der Waals surface area (Å²) in [5, 5.41) is 5.19. The van der Waals surface area contributed by atoms with Crippen molar-refractivity contribution in [2.45, 2.75) is 37.4 Å². The van der Waals surface area contributed by atoms with Gasteiger partial charge in [0, 0.05) is 32.7 Å². The molecule has 1 aromatic heterocycles. The number of hydrogen-bond acceptors (Lipinski definition) is 5. The number of benzene rings is 1. The van der Waals surface area contributed by atoms with Gasteiger partial charge in [0.1, 0.15) is 4.21 Å². The molecule has 1 aromatic carbocycles. The van der Waals surface area contributed by atoms with E-state index in [-0.39, 0.29) is 10.1 Å². The first-order valence-corrected chi connectivity index (χ1v) is 11.7. The molecule has 0 aliphatic carbocycles. The van der Waals surface area contributed by atoms with Crippen LogP contribution in [0.25, 0.3) is 0 Å². The minimum Gasteiger partial charge on any atom is -0.335 e. The smallest absolute Gasteiger partial charge is 0.264 e. The third-order valence-electron chi connectivity index (χ3n) is 5.08. The largest absolute Gasteiger partial charge is 0.335 e. The second-order valence-corrected chi connectivity index (χ2v) is 10.4. The predicted molar refractivity (Wildman–Crippen MR) is 112 cm³/mol. The quantitative estimate of drug-likeness (QED) is 0.805. The molecule has 0 unspecified atom stereocenters. The minimum absolute atomic E-state index is 0.0387. The monoisotopic (exact) mass is 421 g/mol. The Labute approximate surface area is 171 Å². The van der Waals surface area contributed by atoms with Crippen molar-refractivity contribution in [3.63, 3.8) is 0 Å². The lowest BCUT2D eigenvalue weighted by Crippen LogP contribution is -2.48. The maximum atomic E-state index is 12.8. The van der Waals surface area contributed by atoms with E-state index < -0.39 is 10.0 Å². The molecule has 3 rings (SSSR count). The maximum absolute atomic E-state index is 12.8. The van der Waals surface area contributed by atoms with Crippen molar-refractivity contribution < 1.29 is 13.2 Å². The fourth-order valence-corrected chi connectivity index (χ4v) is 5.25. The molecular weight excluding hydrogens is 394 g/mol. The van der Waals surface area contributed by atoms with Gasteiger partial charge in [-0.1, -0.05) is 38.1 Å². The van der Waals surface area contributed by atoms with E-state index in [9.17, 15) is 13.2 Å². The Morgan fingerprint density at radius 2 is 1.75 bits per heavy atom. The number of carbonyl (C=O) groups excluding carboxylic acids is 1. The second-order valence-electron chi connectivity index (χ2n) is 7.59. The number of amides is 1. The van der Waals surface area contributed by atoms with E-state index in [0.717, 1.165) is 31.0 Å². The molecule has 2 N–H and O–H groups in total. The first-order valence-electron chi connectivity index (χ1n) is 9.39. The van der Waals surface area contributed by atoms with Gasteiger partial charge in [-0.2, -0.15) is 0 Å². The van der Waals surface area contributed by atoms with Crippen LogP contribution in [0.1, 0.15) is 46.1 Å². The van der Waals surface area contributed by atoms with Crippen LogP contribution in [-0.4, -0.2) is 50.3 Å². The Balaban J connectivity index is 1.59. The minimum atomic E-state index is -3.78. The number of aryl methyl sites for hydroxylation is 1. The molecule has 6 nitrogen and oxygen atoms in total. The molecule has 28 heavy (non-hydrogen) atoms. The van der Waals surface area contributed by atoms with Crippen molar-refractivity contribution in [2.75, 3.05) is 26.2 Å². The first kappa shape index (κ1) is 21.0. The van der Waals surface area contributed by atoms with Crippen molar-refractivity contribution in [2.24, 2.45) is 5.14 Å². The van der Waals surface area contributed by atoms with Gasteiger partial charge in [0.2, 0.25) is 10.0 Å². The second kappa shape index (κ2) is 8.32. The van der Waals surface area contributed by atoms with Crippen molar-refractivity contribution in [3.8, 4) is 0 Å². The standard InChI is InChI=1S/C20H27N3O3S2/c1-14(2)17-6-4-16(5-7-17)13-22-8-10-23(11-9-22)20(24)19-15(3)12-18(27-19)28(21,25)26/h4-7,12,14H,8-11,13H2,1-3H3,(H2,21,25,26). The van der Waals surface area contributed by atoms with Crippen LogP contribution in [0, 0.1) is 6.92 Å². The average Bonchev–Trinajstić information content (AvgIpc) is 3.04. The van der Waals surface area contributed by atoms with Crippen LogP contribution in [0.15, 0.2) is 34.5 Å². The van der Waals surface area contributed by atoms with E-state index in [1.165, 1.54) is 17.2 Å². The summed E-state index contributed by atoms with van der Waals surface area (Å²) in [6, 6.07) is 10.2. The normalized spacial score (nSPS) is 16.0. The summed E-state index contributed by atoms with van der Waals surface area (Å²) in [6.45, 7) is 9.84. The van der Waals surface area contributed by atoms with Gasteiger partial charge in [0.15, 0.2) is 0 Å². The van der Waals surface area contributed by atoms with Gasteiger partial charge in [-0.3, -0.25) is 9.69 Å². The summed E-state index contributed by atoms with van der Waals surface area (Å²) >= 11 is 0.957. The highest BCUT2D eigenvalue weighted by molar-refractivity contribution is 7.91. The highest BCUT2D eigenvalue weighted by atomic mass is 32.2. The zero-order valence-corrected chi connectivity index (χ0v) is 18.1. The number of piperazine rings is 1. The Morgan fingerprint density at radius 3 is 2.25 bits per heavy atom. The summed E-state index contributed by atoms with van der Waals surface area (Å²) in [5.74, 6) is 0.414. The number of nitrogens with two attached hydrogens (primary N) is 1. The Morgan fingerprint density at radius 1 is 1.14 bits per heavy atom. The number of nitrogens with zero attached hydrogens (tertiary/aromatic N) is 2. The third-order valence-corrected chi connectivity index (χ3v) is 7.73. The lowest BCUT2D eigenvalue weighted by atomic mass is 10.0. The van der Waals surface area contributed by atoms with E-state index in [0.29, 0.717) is 29.4 Å². The third kappa shape index (κ3) is 4.81. The van der Waals surface area contributed by atoms with E-state index in [2.05, 4.69) is 43.0 Å². The fraction of sp³-hybridized carbons (Fsp3) is 0.450. The Kier molecular flexibility index (Phi) is 6.24. The molecule has 2 heterocycles. The van der Waals surface area contributed by atoms with E-state index >= 15 is 0 Å².